The van der Waals surface area contributed by atoms with Crippen LogP contribution in [0.3, 0.4) is 0 Å². The molecule has 2 unspecified atom stereocenters. The lowest BCUT2D eigenvalue weighted by molar-refractivity contribution is -0.143. The largest absolute Gasteiger partial charge is 0.466 e. The summed E-state index contributed by atoms with van der Waals surface area (Å²) in [5, 5.41) is 23.4. The third-order valence-electron chi connectivity index (χ3n) is 16.6. The van der Waals surface area contributed by atoms with Gasteiger partial charge in [0, 0.05) is 12.8 Å². The number of allylic oxidation sites excluding steroid dienone is 2. The van der Waals surface area contributed by atoms with Crippen LogP contribution in [-0.4, -0.2) is 47.4 Å². The Kier molecular flexibility index (Phi) is 64.9. The summed E-state index contributed by atoms with van der Waals surface area (Å²) >= 11 is 0. The highest BCUT2D eigenvalue weighted by atomic mass is 16.5. The Labute approximate surface area is 476 Å². The Balaban J connectivity index is 3.38. The maximum Gasteiger partial charge on any atom is 0.305 e. The predicted molar refractivity (Wildman–Crippen MR) is 333 cm³/mol. The fourth-order valence-electron chi connectivity index (χ4n) is 11.2. The molecule has 0 bridgehead atoms. The molecule has 76 heavy (non-hydrogen) atoms. The van der Waals surface area contributed by atoms with E-state index >= 15 is 0 Å². The highest BCUT2D eigenvalue weighted by Crippen LogP contribution is 2.19. The van der Waals surface area contributed by atoms with Crippen molar-refractivity contribution in [2.75, 3.05) is 13.2 Å². The molecule has 0 aromatic carbocycles. The van der Waals surface area contributed by atoms with Crippen LogP contribution in [0.2, 0.25) is 0 Å². The number of aliphatic hydroxyl groups excluding tert-OH is 2. The molecule has 0 saturated carbocycles. The van der Waals surface area contributed by atoms with Crippen LogP contribution in [0.25, 0.3) is 0 Å². The van der Waals surface area contributed by atoms with Crippen LogP contribution in [0.4, 0.5) is 0 Å². The molecule has 2 atom stereocenters. The van der Waals surface area contributed by atoms with Crippen molar-refractivity contribution in [2.45, 2.75) is 411 Å². The van der Waals surface area contributed by atoms with Crippen LogP contribution in [0.15, 0.2) is 12.2 Å². The first-order valence-corrected chi connectivity index (χ1v) is 34.9. The van der Waals surface area contributed by atoms with Crippen molar-refractivity contribution < 1.29 is 24.5 Å². The number of ether oxygens (including phenoxy) is 1. The minimum atomic E-state index is -0.665. The summed E-state index contributed by atoms with van der Waals surface area (Å²) in [6, 6.07) is -0.543. The molecule has 3 N–H and O–H groups in total. The van der Waals surface area contributed by atoms with E-state index in [1.807, 2.05) is 0 Å². The number of hydrogen-bond acceptors (Lipinski definition) is 5. The molecular formula is C70H137NO5. The van der Waals surface area contributed by atoms with Crippen LogP contribution in [-0.2, 0) is 14.3 Å². The van der Waals surface area contributed by atoms with Crippen molar-refractivity contribution in [3.63, 3.8) is 0 Å². The standard InChI is InChI=1S/C70H137NO5/c1-3-5-7-9-11-13-15-17-19-20-29-32-35-38-42-46-50-54-58-62-68(73)67(66-72)71-69(74)63-59-55-51-47-43-39-36-33-30-27-25-23-21-22-24-26-28-31-34-37-41-45-49-53-57-61-65-76-70(75)64-60-56-52-48-44-40-18-16-14-12-10-8-6-4-2/h21,23,67-68,72-73H,3-20,22,24-66H2,1-2H3,(H,71,74)/b23-21-. The Morgan fingerprint density at radius 3 is 0.934 bits per heavy atom. The van der Waals surface area contributed by atoms with Gasteiger partial charge in [-0.15, -0.1) is 0 Å². The van der Waals surface area contributed by atoms with Crippen molar-refractivity contribution >= 4 is 11.9 Å². The first kappa shape index (κ1) is 74.6. The molecule has 6 heteroatoms. The van der Waals surface area contributed by atoms with E-state index in [1.54, 1.807) is 0 Å². The average molecular weight is 1070 g/mol. The maximum atomic E-state index is 12.5. The minimum Gasteiger partial charge on any atom is -0.466 e. The Hall–Kier alpha value is -1.40. The second kappa shape index (κ2) is 66.1. The van der Waals surface area contributed by atoms with E-state index in [2.05, 4.69) is 31.3 Å². The number of esters is 1. The maximum absolute atomic E-state index is 12.5. The van der Waals surface area contributed by atoms with Crippen LogP contribution in [0.5, 0.6) is 0 Å². The van der Waals surface area contributed by atoms with Crippen molar-refractivity contribution in [1.82, 2.24) is 5.32 Å². The van der Waals surface area contributed by atoms with E-state index in [-0.39, 0.29) is 18.5 Å². The van der Waals surface area contributed by atoms with Crippen LogP contribution < -0.4 is 5.32 Å². The lowest BCUT2D eigenvalue weighted by Gasteiger charge is -2.22. The van der Waals surface area contributed by atoms with Gasteiger partial charge in [-0.1, -0.05) is 347 Å². The summed E-state index contributed by atoms with van der Waals surface area (Å²) in [4.78, 5) is 24.6. The van der Waals surface area contributed by atoms with Gasteiger partial charge in [0.2, 0.25) is 5.91 Å². The van der Waals surface area contributed by atoms with E-state index < -0.39 is 12.1 Å². The van der Waals surface area contributed by atoms with Gasteiger partial charge in [0.15, 0.2) is 0 Å². The number of aliphatic hydroxyl groups is 2. The van der Waals surface area contributed by atoms with E-state index in [1.165, 1.54) is 327 Å². The molecule has 452 valence electrons. The Morgan fingerprint density at radius 2 is 0.618 bits per heavy atom. The monoisotopic (exact) mass is 1070 g/mol. The van der Waals surface area contributed by atoms with Gasteiger partial charge in [-0.05, 0) is 51.4 Å². The van der Waals surface area contributed by atoms with E-state index in [0.717, 1.165) is 38.5 Å². The average Bonchev–Trinajstić information content (AvgIpc) is 3.42. The predicted octanol–water partition coefficient (Wildman–Crippen LogP) is 22.4. The van der Waals surface area contributed by atoms with Crippen LogP contribution in [0.1, 0.15) is 399 Å². The lowest BCUT2D eigenvalue weighted by atomic mass is 10.0. The fraction of sp³-hybridized carbons (Fsp3) is 0.943. The molecule has 0 aliphatic heterocycles. The van der Waals surface area contributed by atoms with Gasteiger partial charge < -0.3 is 20.3 Å². The number of nitrogens with one attached hydrogen (secondary N) is 1. The van der Waals surface area contributed by atoms with Crippen molar-refractivity contribution in [1.29, 1.82) is 0 Å². The zero-order chi connectivity index (χ0) is 55.0. The molecule has 1 amide bonds. The molecule has 6 nitrogen and oxygen atoms in total. The minimum absolute atomic E-state index is 0.0176. The fourth-order valence-corrected chi connectivity index (χ4v) is 11.2. The van der Waals surface area contributed by atoms with Gasteiger partial charge in [0.05, 0.1) is 25.4 Å². The zero-order valence-electron chi connectivity index (χ0n) is 51.8. The summed E-state index contributed by atoms with van der Waals surface area (Å²) in [5.41, 5.74) is 0. The lowest BCUT2D eigenvalue weighted by Crippen LogP contribution is -2.45. The molecule has 0 aliphatic carbocycles. The summed E-state index contributed by atoms with van der Waals surface area (Å²) in [6.07, 6.45) is 81.1. The second-order valence-electron chi connectivity index (χ2n) is 24.2. The molecule has 0 aliphatic rings. The molecule has 0 rings (SSSR count). The van der Waals surface area contributed by atoms with E-state index in [4.69, 9.17) is 4.74 Å². The van der Waals surface area contributed by atoms with Gasteiger partial charge in [-0.2, -0.15) is 0 Å². The van der Waals surface area contributed by atoms with Crippen LogP contribution in [0, 0.1) is 0 Å². The smallest absolute Gasteiger partial charge is 0.305 e. The molecule has 0 aromatic rings. The van der Waals surface area contributed by atoms with Gasteiger partial charge in [0.1, 0.15) is 0 Å². The number of amides is 1. The Morgan fingerprint density at radius 1 is 0.355 bits per heavy atom. The number of carbonyl (C=O) groups excluding carboxylic acids is 2. The first-order chi connectivity index (χ1) is 37.5. The van der Waals surface area contributed by atoms with E-state index in [9.17, 15) is 19.8 Å². The molecule has 0 saturated heterocycles. The summed E-state index contributed by atoms with van der Waals surface area (Å²) in [6.45, 7) is 5.00. The summed E-state index contributed by atoms with van der Waals surface area (Å²) in [7, 11) is 0. The van der Waals surface area contributed by atoms with Gasteiger partial charge in [0.25, 0.3) is 0 Å². The van der Waals surface area contributed by atoms with Crippen molar-refractivity contribution in [3.8, 4) is 0 Å². The summed E-state index contributed by atoms with van der Waals surface area (Å²) in [5.74, 6) is -0.0148. The topological polar surface area (TPSA) is 95.9 Å². The second-order valence-corrected chi connectivity index (χ2v) is 24.2. The highest BCUT2D eigenvalue weighted by molar-refractivity contribution is 5.76. The summed E-state index contributed by atoms with van der Waals surface area (Å²) < 4.78 is 5.49. The quantitative estimate of drug-likeness (QED) is 0.0320. The number of rotatable bonds is 66. The van der Waals surface area contributed by atoms with Crippen LogP contribution >= 0.6 is 0 Å². The number of unbranched alkanes of at least 4 members (excludes halogenated alkanes) is 53. The normalized spacial score (nSPS) is 12.5. The Bertz CT molecular complexity index is 1140. The molecule has 0 fully saturated rings. The molecule has 0 spiro atoms. The molecular weight excluding hydrogens is 935 g/mol. The number of carbonyl (C=O) groups is 2. The van der Waals surface area contributed by atoms with Crippen molar-refractivity contribution in [3.05, 3.63) is 12.2 Å². The SMILES string of the molecule is CCCCCCCCCCCCCCCCCCCCCC(O)C(CO)NC(=O)CCCCCCCCCCCC/C=C\CCCCCCCCCCCCCCOC(=O)CCCCCCCCCCCCCCCC. The molecule has 0 radical (unpaired) electrons. The van der Waals surface area contributed by atoms with Gasteiger partial charge >= 0.3 is 5.97 Å². The van der Waals surface area contributed by atoms with E-state index in [0.29, 0.717) is 25.9 Å². The zero-order valence-corrected chi connectivity index (χ0v) is 51.8. The van der Waals surface area contributed by atoms with Crippen molar-refractivity contribution in [2.24, 2.45) is 0 Å². The number of hydrogen-bond donors (Lipinski definition) is 3. The van der Waals surface area contributed by atoms with Gasteiger partial charge in [-0.25, -0.2) is 0 Å². The highest BCUT2D eigenvalue weighted by Gasteiger charge is 2.20. The first-order valence-electron chi connectivity index (χ1n) is 34.9. The molecule has 0 heterocycles. The third-order valence-corrected chi connectivity index (χ3v) is 16.6. The van der Waals surface area contributed by atoms with Gasteiger partial charge in [-0.3, -0.25) is 9.59 Å². The molecule has 0 aromatic heterocycles. The third kappa shape index (κ3) is 61.8.